The molecule has 0 atom stereocenters. The van der Waals surface area contributed by atoms with Crippen LogP contribution >= 0.6 is 11.6 Å². The van der Waals surface area contributed by atoms with Crippen molar-refractivity contribution in [2.24, 2.45) is 0 Å². The highest BCUT2D eigenvalue weighted by Crippen LogP contribution is 2.21. The Kier molecular flexibility index (Phi) is 3.89. The third kappa shape index (κ3) is 3.34. The lowest BCUT2D eigenvalue weighted by Crippen LogP contribution is -1.97. The van der Waals surface area contributed by atoms with Crippen molar-refractivity contribution in [1.29, 1.82) is 0 Å². The summed E-state index contributed by atoms with van der Waals surface area (Å²) in [6, 6.07) is 4.77. The minimum Gasteiger partial charge on any atom is -0.463 e. The van der Waals surface area contributed by atoms with Crippen LogP contribution in [0.5, 0.6) is 5.75 Å². The number of ether oxygens (including phenoxy) is 1. The summed E-state index contributed by atoms with van der Waals surface area (Å²) >= 11 is 5.76. The Morgan fingerprint density at radius 1 is 1.50 bits per heavy atom. The Morgan fingerprint density at radius 3 is 2.79 bits per heavy atom. The zero-order chi connectivity index (χ0) is 10.6. The number of halogens is 2. The lowest BCUT2D eigenvalue weighted by atomic mass is 10.1. The van der Waals surface area contributed by atoms with Crippen LogP contribution in [0.2, 0.25) is 5.02 Å². The smallest absolute Gasteiger partial charge is 0.228 e. The normalized spacial score (nSPS) is 9.93. The largest absolute Gasteiger partial charge is 0.463 e. The third-order valence-electron chi connectivity index (χ3n) is 1.61. The molecular weight excluding hydrogens is 207 g/mol. The van der Waals surface area contributed by atoms with Gasteiger partial charge in [-0.1, -0.05) is 11.6 Å². The highest BCUT2D eigenvalue weighted by molar-refractivity contribution is 6.30. The number of Topliss-reactive ketones (excluding diaryl/α,β-unsaturated/α-hetero) is 1. The third-order valence-corrected chi connectivity index (χ3v) is 1.82. The van der Waals surface area contributed by atoms with Gasteiger partial charge in [0.25, 0.3) is 0 Å². The van der Waals surface area contributed by atoms with Crippen molar-refractivity contribution in [1.82, 2.24) is 0 Å². The summed E-state index contributed by atoms with van der Waals surface area (Å²) in [5.74, 6) is 0.370. The molecule has 0 aliphatic heterocycles. The van der Waals surface area contributed by atoms with Crippen molar-refractivity contribution in [3.8, 4) is 5.75 Å². The van der Waals surface area contributed by atoms with Gasteiger partial charge in [-0.25, -0.2) is 4.39 Å². The number of carbonyl (C=O) groups excluding carboxylic acids is 1. The first kappa shape index (κ1) is 11.0. The van der Waals surface area contributed by atoms with Crippen LogP contribution in [0.4, 0.5) is 4.39 Å². The molecule has 0 aromatic heterocycles. The standard InChI is InChI=1S/C10H10ClFO2/c1-7(13)2-8-3-9(11)5-10(4-8)14-6-12/h3-5H,2,6H2,1H3. The molecule has 0 bridgehead atoms. The number of benzene rings is 1. The molecule has 0 radical (unpaired) electrons. The van der Waals surface area contributed by atoms with E-state index in [1.807, 2.05) is 0 Å². The van der Waals surface area contributed by atoms with E-state index < -0.39 is 6.86 Å². The molecule has 0 fully saturated rings. The second kappa shape index (κ2) is 4.96. The molecule has 0 heterocycles. The van der Waals surface area contributed by atoms with E-state index >= 15 is 0 Å². The molecule has 1 aromatic carbocycles. The van der Waals surface area contributed by atoms with E-state index in [-0.39, 0.29) is 12.2 Å². The molecule has 0 amide bonds. The van der Waals surface area contributed by atoms with Crippen LogP contribution in [0.3, 0.4) is 0 Å². The Hall–Kier alpha value is -1.09. The van der Waals surface area contributed by atoms with E-state index in [0.717, 1.165) is 5.56 Å². The van der Waals surface area contributed by atoms with Gasteiger partial charge < -0.3 is 4.74 Å². The first-order valence-electron chi connectivity index (χ1n) is 4.09. The minimum atomic E-state index is -0.903. The van der Waals surface area contributed by atoms with Gasteiger partial charge in [0.15, 0.2) is 0 Å². The van der Waals surface area contributed by atoms with Crippen LogP contribution < -0.4 is 4.74 Å². The van der Waals surface area contributed by atoms with Crippen LogP contribution in [0, 0.1) is 0 Å². The van der Waals surface area contributed by atoms with Crippen molar-refractivity contribution in [3.63, 3.8) is 0 Å². The summed E-state index contributed by atoms with van der Waals surface area (Å²) in [5.41, 5.74) is 0.730. The summed E-state index contributed by atoms with van der Waals surface area (Å²) in [5, 5.41) is 0.437. The Morgan fingerprint density at radius 2 is 2.21 bits per heavy atom. The molecule has 0 aliphatic rings. The van der Waals surface area contributed by atoms with E-state index in [9.17, 15) is 9.18 Å². The van der Waals surface area contributed by atoms with Gasteiger partial charge in [-0.3, -0.25) is 4.79 Å². The maximum Gasteiger partial charge on any atom is 0.228 e. The molecule has 0 N–H and O–H groups in total. The Balaban J connectivity index is 2.88. The fraction of sp³-hybridized carbons (Fsp3) is 0.300. The summed E-state index contributed by atoms with van der Waals surface area (Å²) in [7, 11) is 0. The van der Waals surface area contributed by atoms with Crippen LogP contribution in [0.1, 0.15) is 12.5 Å². The average molecular weight is 217 g/mol. The number of rotatable bonds is 4. The quantitative estimate of drug-likeness (QED) is 0.774. The van der Waals surface area contributed by atoms with Gasteiger partial charge in [0.2, 0.25) is 6.86 Å². The molecule has 14 heavy (non-hydrogen) atoms. The number of alkyl halides is 1. The first-order chi connectivity index (χ1) is 6.61. The molecule has 0 spiro atoms. The average Bonchev–Trinajstić information content (AvgIpc) is 2.01. The zero-order valence-electron chi connectivity index (χ0n) is 7.72. The minimum absolute atomic E-state index is 0.0264. The summed E-state index contributed by atoms with van der Waals surface area (Å²) in [6.45, 7) is 0.580. The molecular formula is C10H10ClFO2. The van der Waals surface area contributed by atoms with Gasteiger partial charge >= 0.3 is 0 Å². The molecule has 76 valence electrons. The van der Waals surface area contributed by atoms with Crippen LogP contribution in [-0.2, 0) is 11.2 Å². The monoisotopic (exact) mass is 216 g/mol. The Labute approximate surface area is 86.6 Å². The van der Waals surface area contributed by atoms with Crippen LogP contribution in [0.25, 0.3) is 0 Å². The van der Waals surface area contributed by atoms with Crippen molar-refractivity contribution >= 4 is 17.4 Å². The fourth-order valence-corrected chi connectivity index (χ4v) is 1.40. The van der Waals surface area contributed by atoms with Crippen LogP contribution in [-0.4, -0.2) is 12.6 Å². The second-order valence-electron chi connectivity index (χ2n) is 2.93. The predicted octanol–water partition coefficient (Wildman–Crippen LogP) is 2.78. The van der Waals surface area contributed by atoms with Crippen molar-refractivity contribution < 1.29 is 13.9 Å². The van der Waals surface area contributed by atoms with Gasteiger partial charge in [-0.15, -0.1) is 0 Å². The molecule has 0 unspecified atom stereocenters. The number of ketones is 1. The molecule has 0 saturated carbocycles. The molecule has 1 rings (SSSR count). The van der Waals surface area contributed by atoms with Crippen molar-refractivity contribution in [3.05, 3.63) is 28.8 Å². The summed E-state index contributed by atoms with van der Waals surface area (Å²) in [6.07, 6.45) is 0.281. The topological polar surface area (TPSA) is 26.3 Å². The van der Waals surface area contributed by atoms with Gasteiger partial charge in [-0.2, -0.15) is 0 Å². The zero-order valence-corrected chi connectivity index (χ0v) is 8.47. The highest BCUT2D eigenvalue weighted by Gasteiger charge is 2.03. The van der Waals surface area contributed by atoms with Crippen molar-refractivity contribution in [2.45, 2.75) is 13.3 Å². The first-order valence-corrected chi connectivity index (χ1v) is 4.47. The van der Waals surface area contributed by atoms with E-state index in [4.69, 9.17) is 11.6 Å². The fourth-order valence-electron chi connectivity index (χ4n) is 1.16. The maximum atomic E-state index is 11.9. The van der Waals surface area contributed by atoms with Gasteiger partial charge in [-0.05, 0) is 30.7 Å². The van der Waals surface area contributed by atoms with Gasteiger partial charge in [0, 0.05) is 11.4 Å². The van der Waals surface area contributed by atoms with Gasteiger partial charge in [0.1, 0.15) is 11.5 Å². The number of carbonyl (C=O) groups is 1. The maximum absolute atomic E-state index is 11.9. The molecule has 0 aliphatic carbocycles. The molecule has 1 aromatic rings. The number of hydrogen-bond acceptors (Lipinski definition) is 2. The SMILES string of the molecule is CC(=O)Cc1cc(Cl)cc(OCF)c1. The molecule has 4 heteroatoms. The van der Waals surface area contributed by atoms with Crippen molar-refractivity contribution in [2.75, 3.05) is 6.86 Å². The van der Waals surface area contributed by atoms with Crippen LogP contribution in [0.15, 0.2) is 18.2 Å². The van der Waals surface area contributed by atoms with E-state index in [2.05, 4.69) is 4.74 Å². The lowest BCUT2D eigenvalue weighted by molar-refractivity contribution is -0.116. The van der Waals surface area contributed by atoms with E-state index in [1.165, 1.54) is 13.0 Å². The second-order valence-corrected chi connectivity index (χ2v) is 3.36. The molecule has 0 saturated heterocycles. The van der Waals surface area contributed by atoms with E-state index in [1.54, 1.807) is 12.1 Å². The van der Waals surface area contributed by atoms with E-state index in [0.29, 0.717) is 10.8 Å². The Bertz CT molecular complexity index is 339. The predicted molar refractivity (Wildman–Crippen MR) is 52.4 cm³/mol. The van der Waals surface area contributed by atoms with Gasteiger partial charge in [0.05, 0.1) is 0 Å². The number of hydrogen-bond donors (Lipinski definition) is 0. The highest BCUT2D eigenvalue weighted by atomic mass is 35.5. The lowest BCUT2D eigenvalue weighted by Gasteiger charge is -2.04. The summed E-state index contributed by atoms with van der Waals surface area (Å²) < 4.78 is 16.5. The molecule has 2 nitrogen and oxygen atoms in total. The summed E-state index contributed by atoms with van der Waals surface area (Å²) in [4.78, 5) is 10.8.